The first-order chi connectivity index (χ1) is 11.2. The number of ether oxygens (including phenoxy) is 2. The topological polar surface area (TPSA) is 70.5 Å². The van der Waals surface area contributed by atoms with E-state index >= 15 is 0 Å². The van der Waals surface area contributed by atoms with Crippen molar-refractivity contribution < 1.29 is 9.47 Å². The summed E-state index contributed by atoms with van der Waals surface area (Å²) >= 11 is 0. The third kappa shape index (κ3) is 4.47. The van der Waals surface area contributed by atoms with Gasteiger partial charge in [0.25, 0.3) is 0 Å². The van der Waals surface area contributed by atoms with E-state index in [1.807, 2.05) is 36.4 Å². The maximum atomic E-state index is 6.19. The van der Waals surface area contributed by atoms with Crippen molar-refractivity contribution in [3.8, 4) is 11.5 Å². The molecule has 0 saturated carbocycles. The molecule has 0 aromatic heterocycles. The number of nitrogens with two attached hydrogens (primary N) is 2. The molecular formula is C19H26N2O2. The molecule has 4 N–H and O–H groups in total. The molecule has 0 saturated heterocycles. The molecule has 1 atom stereocenters. The van der Waals surface area contributed by atoms with Crippen LogP contribution in [0.15, 0.2) is 42.5 Å². The first kappa shape index (κ1) is 17.3. The summed E-state index contributed by atoms with van der Waals surface area (Å²) in [6, 6.07) is 13.9. The van der Waals surface area contributed by atoms with Crippen LogP contribution in [0, 0.1) is 0 Å². The van der Waals surface area contributed by atoms with E-state index in [9.17, 15) is 0 Å². The Kier molecular flexibility index (Phi) is 6.44. The van der Waals surface area contributed by atoms with Gasteiger partial charge in [0.2, 0.25) is 0 Å². The van der Waals surface area contributed by atoms with E-state index in [0.29, 0.717) is 24.7 Å². The molecule has 0 amide bonds. The highest BCUT2D eigenvalue weighted by molar-refractivity contribution is 5.51. The van der Waals surface area contributed by atoms with Crippen LogP contribution >= 0.6 is 0 Å². The van der Waals surface area contributed by atoms with Crippen molar-refractivity contribution in [2.24, 2.45) is 11.5 Å². The molecule has 4 heteroatoms. The van der Waals surface area contributed by atoms with Crippen LogP contribution in [0.1, 0.15) is 36.1 Å². The Labute approximate surface area is 138 Å². The van der Waals surface area contributed by atoms with E-state index in [4.69, 9.17) is 20.9 Å². The van der Waals surface area contributed by atoms with Crippen LogP contribution in [-0.2, 0) is 13.0 Å². The Bertz CT molecular complexity index is 614. The Morgan fingerprint density at radius 1 is 1.09 bits per heavy atom. The van der Waals surface area contributed by atoms with E-state index in [-0.39, 0.29) is 6.04 Å². The predicted octanol–water partition coefficient (Wildman–Crippen LogP) is 3.19. The number of hydrogen-bond acceptors (Lipinski definition) is 4. The molecule has 2 aromatic rings. The summed E-state index contributed by atoms with van der Waals surface area (Å²) in [5.74, 6) is 1.40. The molecule has 4 nitrogen and oxygen atoms in total. The van der Waals surface area contributed by atoms with Gasteiger partial charge >= 0.3 is 0 Å². The molecule has 124 valence electrons. The van der Waals surface area contributed by atoms with E-state index in [1.54, 1.807) is 7.11 Å². The van der Waals surface area contributed by atoms with E-state index < -0.39 is 0 Å². The standard InChI is InChI=1S/C19H26N2O2/c1-3-7-15-10-16(17(21)12-20)19(18(11-15)22-2)23-13-14-8-5-4-6-9-14/h4-6,8-11,17H,3,7,12-13,20-21H2,1-2H3. The van der Waals surface area contributed by atoms with E-state index in [1.165, 1.54) is 5.56 Å². The normalized spacial score (nSPS) is 12.0. The third-order valence-electron chi connectivity index (χ3n) is 3.78. The van der Waals surface area contributed by atoms with Crippen molar-refractivity contribution in [1.82, 2.24) is 0 Å². The second-order valence-electron chi connectivity index (χ2n) is 5.58. The third-order valence-corrected chi connectivity index (χ3v) is 3.78. The molecule has 0 bridgehead atoms. The second-order valence-corrected chi connectivity index (χ2v) is 5.58. The van der Waals surface area contributed by atoms with Gasteiger partial charge in [-0.2, -0.15) is 0 Å². The Hall–Kier alpha value is -2.04. The van der Waals surface area contributed by atoms with Crippen molar-refractivity contribution in [1.29, 1.82) is 0 Å². The summed E-state index contributed by atoms with van der Waals surface area (Å²) in [7, 11) is 1.65. The molecule has 1 unspecified atom stereocenters. The minimum atomic E-state index is -0.272. The molecule has 0 aliphatic carbocycles. The van der Waals surface area contributed by atoms with Crippen LogP contribution in [-0.4, -0.2) is 13.7 Å². The van der Waals surface area contributed by atoms with Gasteiger partial charge in [0.15, 0.2) is 11.5 Å². The largest absolute Gasteiger partial charge is 0.493 e. The van der Waals surface area contributed by atoms with E-state index in [0.717, 1.165) is 24.0 Å². The number of hydrogen-bond donors (Lipinski definition) is 2. The van der Waals surface area contributed by atoms with Crippen molar-refractivity contribution >= 4 is 0 Å². The van der Waals surface area contributed by atoms with Gasteiger partial charge in [0.05, 0.1) is 7.11 Å². The van der Waals surface area contributed by atoms with Crippen LogP contribution in [0.3, 0.4) is 0 Å². The summed E-state index contributed by atoms with van der Waals surface area (Å²) in [5, 5.41) is 0. The van der Waals surface area contributed by atoms with Crippen LogP contribution in [0.5, 0.6) is 11.5 Å². The maximum absolute atomic E-state index is 6.19. The molecule has 2 aromatic carbocycles. The molecule has 23 heavy (non-hydrogen) atoms. The smallest absolute Gasteiger partial charge is 0.166 e. The zero-order chi connectivity index (χ0) is 16.7. The Morgan fingerprint density at radius 3 is 2.43 bits per heavy atom. The fourth-order valence-electron chi connectivity index (χ4n) is 2.55. The maximum Gasteiger partial charge on any atom is 0.166 e. The number of benzene rings is 2. The van der Waals surface area contributed by atoms with Crippen molar-refractivity contribution in [2.75, 3.05) is 13.7 Å². The SMILES string of the molecule is CCCc1cc(OC)c(OCc2ccccc2)c(C(N)CN)c1. The first-order valence-corrected chi connectivity index (χ1v) is 8.02. The highest BCUT2D eigenvalue weighted by Gasteiger charge is 2.18. The number of rotatable bonds is 8. The molecule has 0 aliphatic heterocycles. The molecule has 2 rings (SSSR count). The lowest BCUT2D eigenvalue weighted by Gasteiger charge is -2.20. The van der Waals surface area contributed by atoms with Gasteiger partial charge in [-0.25, -0.2) is 0 Å². The molecule has 0 spiro atoms. The van der Waals surface area contributed by atoms with Crippen LogP contribution in [0.4, 0.5) is 0 Å². The van der Waals surface area contributed by atoms with Crippen molar-refractivity contribution in [3.63, 3.8) is 0 Å². The molecule has 0 aliphatic rings. The minimum Gasteiger partial charge on any atom is -0.493 e. The van der Waals surface area contributed by atoms with Gasteiger partial charge in [-0.3, -0.25) is 0 Å². The monoisotopic (exact) mass is 314 g/mol. The van der Waals surface area contributed by atoms with Gasteiger partial charge < -0.3 is 20.9 Å². The first-order valence-electron chi connectivity index (χ1n) is 8.02. The summed E-state index contributed by atoms with van der Waals surface area (Å²) < 4.78 is 11.6. The zero-order valence-corrected chi connectivity index (χ0v) is 13.9. The fourth-order valence-corrected chi connectivity index (χ4v) is 2.55. The zero-order valence-electron chi connectivity index (χ0n) is 13.9. The van der Waals surface area contributed by atoms with Gasteiger partial charge in [-0.05, 0) is 23.6 Å². The highest BCUT2D eigenvalue weighted by atomic mass is 16.5. The van der Waals surface area contributed by atoms with Gasteiger partial charge in [-0.1, -0.05) is 49.7 Å². The fraction of sp³-hybridized carbons (Fsp3) is 0.368. The molecular weight excluding hydrogens is 288 g/mol. The Balaban J connectivity index is 2.34. The second kappa shape index (κ2) is 8.56. The summed E-state index contributed by atoms with van der Waals surface area (Å²) in [4.78, 5) is 0. The average Bonchev–Trinajstić information content (AvgIpc) is 2.60. The van der Waals surface area contributed by atoms with Crippen molar-refractivity contribution in [2.45, 2.75) is 32.4 Å². The predicted molar refractivity (Wildman–Crippen MR) is 93.7 cm³/mol. The average molecular weight is 314 g/mol. The lowest BCUT2D eigenvalue weighted by atomic mass is 10.00. The van der Waals surface area contributed by atoms with Crippen molar-refractivity contribution in [3.05, 3.63) is 59.2 Å². The van der Waals surface area contributed by atoms with Crippen LogP contribution < -0.4 is 20.9 Å². The summed E-state index contributed by atoms with van der Waals surface area (Å²) in [6.07, 6.45) is 2.03. The molecule has 0 heterocycles. The molecule has 0 radical (unpaired) electrons. The minimum absolute atomic E-state index is 0.272. The number of methoxy groups -OCH3 is 1. The van der Waals surface area contributed by atoms with E-state index in [2.05, 4.69) is 13.0 Å². The van der Waals surface area contributed by atoms with Gasteiger partial charge in [-0.15, -0.1) is 0 Å². The lowest BCUT2D eigenvalue weighted by Crippen LogP contribution is -2.22. The van der Waals surface area contributed by atoms with Crippen LogP contribution in [0.25, 0.3) is 0 Å². The Morgan fingerprint density at radius 2 is 1.83 bits per heavy atom. The van der Waals surface area contributed by atoms with Crippen LogP contribution in [0.2, 0.25) is 0 Å². The molecule has 0 fully saturated rings. The summed E-state index contributed by atoms with van der Waals surface area (Å²) in [5.41, 5.74) is 15.2. The van der Waals surface area contributed by atoms with Gasteiger partial charge in [0.1, 0.15) is 6.61 Å². The quantitative estimate of drug-likeness (QED) is 0.785. The number of aryl methyl sites for hydroxylation is 1. The lowest BCUT2D eigenvalue weighted by molar-refractivity contribution is 0.279. The summed E-state index contributed by atoms with van der Waals surface area (Å²) in [6.45, 7) is 2.98. The van der Waals surface area contributed by atoms with Gasteiger partial charge in [0, 0.05) is 18.2 Å². The highest BCUT2D eigenvalue weighted by Crippen LogP contribution is 2.36.